The molecular weight excluding hydrogens is 158 g/mol. The van der Waals surface area contributed by atoms with Crippen molar-refractivity contribution in [3.05, 3.63) is 9.81 Å². The first kappa shape index (κ1) is 6.70. The number of imide groups is 1. The van der Waals surface area contributed by atoms with Crippen LogP contribution in [0.5, 0.6) is 0 Å². The molecule has 0 fully saturated rings. The van der Waals surface area contributed by atoms with E-state index in [-0.39, 0.29) is 9.81 Å². The molecule has 0 saturated heterocycles. The molecule has 0 radical (unpaired) electrons. The van der Waals surface area contributed by atoms with Crippen LogP contribution < -0.4 is 5.32 Å². The highest BCUT2D eigenvalue weighted by Gasteiger charge is 2.24. The molecule has 0 aliphatic carbocycles. The average molecular weight is 161 g/mol. The molecule has 0 aromatic rings. The van der Waals surface area contributed by atoms with Crippen molar-refractivity contribution >= 4 is 37.1 Å². The Morgan fingerprint density at radius 1 is 1.00 bits per heavy atom. The second kappa shape index (κ2) is 2.07. The predicted octanol–water partition coefficient (Wildman–Crippen LogP) is -0.286. The largest absolute Gasteiger partial charge is 0.287 e. The number of carbonyl (C=O) groups excluding carboxylic acids is 2. The van der Waals surface area contributed by atoms with E-state index in [1.165, 1.54) is 0 Å². The van der Waals surface area contributed by atoms with Gasteiger partial charge in [0, 0.05) is 0 Å². The molecular formula is C4H3NO2S2. The highest BCUT2D eigenvalue weighted by molar-refractivity contribution is 7.90. The van der Waals surface area contributed by atoms with Gasteiger partial charge in [-0.3, -0.25) is 14.9 Å². The first-order chi connectivity index (χ1) is 4.13. The maximum atomic E-state index is 10.5. The molecule has 5 heteroatoms. The number of carbonyl (C=O) groups is 2. The van der Waals surface area contributed by atoms with Gasteiger partial charge in [-0.2, -0.15) is 0 Å². The van der Waals surface area contributed by atoms with E-state index in [0.29, 0.717) is 0 Å². The second-order valence-corrected chi connectivity index (χ2v) is 2.37. The van der Waals surface area contributed by atoms with E-state index in [0.717, 1.165) is 0 Å². The Hall–Kier alpha value is -0.420. The van der Waals surface area contributed by atoms with Crippen molar-refractivity contribution in [2.45, 2.75) is 0 Å². The lowest BCUT2D eigenvalue weighted by molar-refractivity contribution is -0.123. The topological polar surface area (TPSA) is 46.2 Å². The summed E-state index contributed by atoms with van der Waals surface area (Å²) in [6.07, 6.45) is 0. The third-order valence-corrected chi connectivity index (χ3v) is 1.91. The predicted molar refractivity (Wildman–Crippen MR) is 38.1 cm³/mol. The fourth-order valence-electron chi connectivity index (χ4n) is 0.437. The van der Waals surface area contributed by atoms with E-state index in [1.54, 1.807) is 0 Å². The standard InChI is InChI=1S/C4H3NO2S2/c6-3-1(8)2(9)4(7)5-3/h(H3,5,6,7,8,9). The van der Waals surface area contributed by atoms with Gasteiger partial charge in [-0.05, 0) is 0 Å². The first-order valence-corrected chi connectivity index (χ1v) is 3.00. The van der Waals surface area contributed by atoms with E-state index in [4.69, 9.17) is 0 Å². The lowest BCUT2D eigenvalue weighted by Crippen LogP contribution is -2.21. The monoisotopic (exact) mass is 161 g/mol. The van der Waals surface area contributed by atoms with Gasteiger partial charge >= 0.3 is 0 Å². The minimum Gasteiger partial charge on any atom is -0.287 e. The van der Waals surface area contributed by atoms with Gasteiger partial charge in [0.15, 0.2) is 0 Å². The lowest BCUT2D eigenvalue weighted by Gasteiger charge is -1.83. The Morgan fingerprint density at radius 3 is 1.44 bits per heavy atom. The van der Waals surface area contributed by atoms with Crippen molar-refractivity contribution in [1.29, 1.82) is 0 Å². The molecule has 1 aliphatic rings. The van der Waals surface area contributed by atoms with Gasteiger partial charge in [0.05, 0.1) is 9.81 Å². The van der Waals surface area contributed by atoms with Crippen LogP contribution in [0.4, 0.5) is 0 Å². The fourth-order valence-corrected chi connectivity index (χ4v) is 0.751. The molecule has 0 bridgehead atoms. The Balaban J connectivity index is 3.06. The van der Waals surface area contributed by atoms with Crippen molar-refractivity contribution in [2.24, 2.45) is 0 Å². The highest BCUT2D eigenvalue weighted by atomic mass is 32.1. The summed E-state index contributed by atoms with van der Waals surface area (Å²) >= 11 is 7.42. The minimum absolute atomic E-state index is 0.0864. The van der Waals surface area contributed by atoms with E-state index in [9.17, 15) is 9.59 Å². The van der Waals surface area contributed by atoms with Crippen LogP contribution in [-0.2, 0) is 9.59 Å². The molecule has 0 aromatic carbocycles. The quantitative estimate of drug-likeness (QED) is 0.338. The fraction of sp³-hybridized carbons (Fsp3) is 0. The summed E-state index contributed by atoms with van der Waals surface area (Å²) < 4.78 is 0. The summed E-state index contributed by atoms with van der Waals surface area (Å²) in [4.78, 5) is 21.1. The summed E-state index contributed by atoms with van der Waals surface area (Å²) in [7, 11) is 0. The molecule has 1 N–H and O–H groups in total. The minimum atomic E-state index is -0.478. The zero-order valence-corrected chi connectivity index (χ0v) is 6.00. The van der Waals surface area contributed by atoms with Crippen molar-refractivity contribution in [3.63, 3.8) is 0 Å². The van der Waals surface area contributed by atoms with Crippen LogP contribution in [0.25, 0.3) is 0 Å². The Morgan fingerprint density at radius 2 is 1.33 bits per heavy atom. The maximum Gasteiger partial charge on any atom is 0.265 e. The number of hydrogen-bond acceptors (Lipinski definition) is 4. The summed E-state index contributed by atoms with van der Waals surface area (Å²) in [6, 6.07) is 0. The zero-order chi connectivity index (χ0) is 7.02. The van der Waals surface area contributed by atoms with Gasteiger partial charge in [0.2, 0.25) is 0 Å². The van der Waals surface area contributed by atoms with Crippen molar-refractivity contribution < 1.29 is 9.59 Å². The van der Waals surface area contributed by atoms with Gasteiger partial charge in [-0.15, -0.1) is 25.3 Å². The van der Waals surface area contributed by atoms with E-state index in [1.807, 2.05) is 5.32 Å². The number of hydrogen-bond donors (Lipinski definition) is 3. The highest BCUT2D eigenvalue weighted by Crippen LogP contribution is 2.17. The van der Waals surface area contributed by atoms with Crippen LogP contribution in [0.2, 0.25) is 0 Å². The number of rotatable bonds is 0. The number of amides is 2. The maximum absolute atomic E-state index is 10.5. The van der Waals surface area contributed by atoms with Gasteiger partial charge in [-0.1, -0.05) is 0 Å². The van der Waals surface area contributed by atoms with Crippen LogP contribution in [0.1, 0.15) is 0 Å². The van der Waals surface area contributed by atoms with Crippen LogP contribution >= 0.6 is 25.3 Å². The molecule has 2 amide bonds. The van der Waals surface area contributed by atoms with Gasteiger partial charge < -0.3 is 0 Å². The molecule has 0 aromatic heterocycles. The lowest BCUT2D eigenvalue weighted by atomic mass is 10.5. The van der Waals surface area contributed by atoms with Crippen LogP contribution in [0, 0.1) is 0 Å². The van der Waals surface area contributed by atoms with Crippen LogP contribution in [-0.4, -0.2) is 11.8 Å². The summed E-state index contributed by atoms with van der Waals surface area (Å²) in [5.41, 5.74) is 0. The average Bonchev–Trinajstić information content (AvgIpc) is 1.98. The van der Waals surface area contributed by atoms with E-state index < -0.39 is 11.8 Å². The molecule has 9 heavy (non-hydrogen) atoms. The van der Waals surface area contributed by atoms with Crippen LogP contribution in [0.15, 0.2) is 9.81 Å². The molecule has 48 valence electrons. The Kier molecular flexibility index (Phi) is 1.54. The third kappa shape index (κ3) is 0.972. The molecule has 1 heterocycles. The zero-order valence-electron chi connectivity index (χ0n) is 4.21. The Bertz CT molecular complexity index is 199. The molecule has 0 saturated carbocycles. The van der Waals surface area contributed by atoms with Gasteiger partial charge in [0.1, 0.15) is 0 Å². The summed E-state index contributed by atoms with van der Waals surface area (Å²) in [5, 5.41) is 2.01. The molecule has 1 aliphatic heterocycles. The summed E-state index contributed by atoms with van der Waals surface area (Å²) in [6.45, 7) is 0. The molecule has 3 nitrogen and oxygen atoms in total. The number of thiol groups is 2. The van der Waals surface area contributed by atoms with Gasteiger partial charge in [-0.25, -0.2) is 0 Å². The second-order valence-electron chi connectivity index (χ2n) is 1.48. The van der Waals surface area contributed by atoms with Crippen molar-refractivity contribution in [2.75, 3.05) is 0 Å². The summed E-state index contributed by atoms with van der Waals surface area (Å²) in [5.74, 6) is -0.957. The molecule has 0 unspecified atom stereocenters. The molecule has 0 atom stereocenters. The molecule has 0 spiro atoms. The third-order valence-electron chi connectivity index (χ3n) is 0.882. The molecule has 1 rings (SSSR count). The number of nitrogens with one attached hydrogen (secondary N) is 1. The van der Waals surface area contributed by atoms with Gasteiger partial charge in [0.25, 0.3) is 11.8 Å². The Labute approximate surface area is 62.3 Å². The first-order valence-electron chi connectivity index (χ1n) is 2.11. The van der Waals surface area contributed by atoms with Crippen molar-refractivity contribution in [3.8, 4) is 0 Å². The normalized spacial score (nSPS) is 18.9. The smallest absolute Gasteiger partial charge is 0.265 e. The van der Waals surface area contributed by atoms with Crippen LogP contribution in [0.3, 0.4) is 0 Å². The van der Waals surface area contributed by atoms with E-state index in [2.05, 4.69) is 25.3 Å². The SMILES string of the molecule is O=C1NC(=O)C(S)=C1S. The van der Waals surface area contributed by atoms with Crippen molar-refractivity contribution in [1.82, 2.24) is 5.32 Å². The van der Waals surface area contributed by atoms with E-state index >= 15 is 0 Å².